The Morgan fingerprint density at radius 3 is 2.67 bits per heavy atom. The molecule has 18 heavy (non-hydrogen) atoms. The van der Waals surface area contributed by atoms with Crippen molar-refractivity contribution in [3.05, 3.63) is 18.2 Å². The number of hydrogen-bond donors (Lipinski definition) is 1. The molecule has 3 rings (SSSR count). The summed E-state index contributed by atoms with van der Waals surface area (Å²) in [5.74, 6) is 1.69. The first-order valence-electron chi connectivity index (χ1n) is 6.56. The Bertz CT molecular complexity index is 443. The molecule has 0 spiro atoms. The molecular weight excluding hydrogens is 228 g/mol. The molecule has 2 aliphatic rings. The lowest BCUT2D eigenvalue weighted by Crippen LogP contribution is -2.37. The Labute approximate surface area is 108 Å². The standard InChI is InChI=1S/C14H20N2O2/c1-16(10-14(15)5-6-14)11-3-4-12-13(9-11)18-8-2-7-17-12/h3-4,9H,2,5-8,10,15H2,1H3. The van der Waals surface area contributed by atoms with Gasteiger partial charge in [-0.15, -0.1) is 0 Å². The molecule has 98 valence electrons. The van der Waals surface area contributed by atoms with Crippen LogP contribution in [0.3, 0.4) is 0 Å². The molecule has 0 atom stereocenters. The molecule has 0 bridgehead atoms. The molecule has 1 aliphatic heterocycles. The number of rotatable bonds is 3. The molecule has 4 nitrogen and oxygen atoms in total. The fourth-order valence-corrected chi connectivity index (χ4v) is 2.27. The molecular formula is C14H20N2O2. The molecule has 1 fully saturated rings. The van der Waals surface area contributed by atoms with E-state index in [1.54, 1.807) is 0 Å². The van der Waals surface area contributed by atoms with Crippen molar-refractivity contribution in [3.8, 4) is 11.5 Å². The number of fused-ring (bicyclic) bond motifs is 1. The number of hydrogen-bond acceptors (Lipinski definition) is 4. The van der Waals surface area contributed by atoms with E-state index in [-0.39, 0.29) is 5.54 Å². The molecule has 1 aliphatic carbocycles. The summed E-state index contributed by atoms with van der Waals surface area (Å²) in [7, 11) is 2.08. The van der Waals surface area contributed by atoms with E-state index in [1.807, 2.05) is 12.1 Å². The van der Waals surface area contributed by atoms with Crippen LogP contribution in [0, 0.1) is 0 Å². The summed E-state index contributed by atoms with van der Waals surface area (Å²) < 4.78 is 11.3. The fraction of sp³-hybridized carbons (Fsp3) is 0.571. The smallest absolute Gasteiger partial charge is 0.163 e. The average molecular weight is 248 g/mol. The Morgan fingerprint density at radius 1 is 1.22 bits per heavy atom. The summed E-state index contributed by atoms with van der Waals surface area (Å²) in [6.45, 7) is 2.35. The highest BCUT2D eigenvalue weighted by molar-refractivity contribution is 5.56. The SMILES string of the molecule is CN(CC1(N)CC1)c1ccc2c(c1)OCCCO2. The summed E-state index contributed by atoms with van der Waals surface area (Å²) in [6.07, 6.45) is 3.19. The number of likely N-dealkylation sites (N-methyl/N-ethyl adjacent to an activating group) is 1. The van der Waals surface area contributed by atoms with Crippen LogP contribution in [0.15, 0.2) is 18.2 Å². The first-order valence-corrected chi connectivity index (χ1v) is 6.56. The van der Waals surface area contributed by atoms with Crippen LogP contribution in [0.25, 0.3) is 0 Å². The van der Waals surface area contributed by atoms with E-state index in [0.29, 0.717) is 0 Å². The lowest BCUT2D eigenvalue weighted by molar-refractivity contribution is 0.297. The van der Waals surface area contributed by atoms with Gasteiger partial charge in [0.1, 0.15) is 0 Å². The van der Waals surface area contributed by atoms with Gasteiger partial charge in [-0.2, -0.15) is 0 Å². The molecule has 1 saturated carbocycles. The quantitative estimate of drug-likeness (QED) is 0.885. The summed E-state index contributed by atoms with van der Waals surface area (Å²) in [6, 6.07) is 6.11. The second-order valence-electron chi connectivity index (χ2n) is 5.40. The fourth-order valence-electron chi connectivity index (χ4n) is 2.27. The molecule has 0 saturated heterocycles. The Morgan fingerprint density at radius 2 is 1.94 bits per heavy atom. The summed E-state index contributed by atoms with van der Waals surface area (Å²) in [4.78, 5) is 2.20. The van der Waals surface area contributed by atoms with Gasteiger partial charge in [0.15, 0.2) is 11.5 Å². The molecule has 0 aromatic heterocycles. The van der Waals surface area contributed by atoms with Crippen LogP contribution in [-0.4, -0.2) is 32.3 Å². The van der Waals surface area contributed by atoms with Crippen molar-refractivity contribution in [2.24, 2.45) is 5.73 Å². The van der Waals surface area contributed by atoms with E-state index < -0.39 is 0 Å². The minimum atomic E-state index is 0.0267. The zero-order valence-electron chi connectivity index (χ0n) is 10.8. The van der Waals surface area contributed by atoms with Crippen molar-refractivity contribution in [1.29, 1.82) is 0 Å². The molecule has 0 radical (unpaired) electrons. The topological polar surface area (TPSA) is 47.7 Å². The minimum absolute atomic E-state index is 0.0267. The van der Waals surface area contributed by atoms with Gasteiger partial charge in [0.25, 0.3) is 0 Å². The van der Waals surface area contributed by atoms with Crippen molar-refractivity contribution in [1.82, 2.24) is 0 Å². The van der Waals surface area contributed by atoms with Crippen LogP contribution in [0.1, 0.15) is 19.3 Å². The molecule has 2 N–H and O–H groups in total. The summed E-state index contributed by atoms with van der Waals surface area (Å²) in [5.41, 5.74) is 7.31. The van der Waals surface area contributed by atoms with Crippen molar-refractivity contribution >= 4 is 5.69 Å². The van der Waals surface area contributed by atoms with Gasteiger partial charge in [0, 0.05) is 37.3 Å². The van der Waals surface area contributed by atoms with Crippen LogP contribution in [-0.2, 0) is 0 Å². The monoisotopic (exact) mass is 248 g/mol. The largest absolute Gasteiger partial charge is 0.490 e. The number of nitrogens with zero attached hydrogens (tertiary/aromatic N) is 1. The third-order valence-electron chi connectivity index (χ3n) is 3.62. The summed E-state index contributed by atoms with van der Waals surface area (Å²) in [5, 5.41) is 0. The average Bonchev–Trinajstić information content (AvgIpc) is 3.11. The second kappa shape index (κ2) is 4.35. The van der Waals surface area contributed by atoms with Gasteiger partial charge < -0.3 is 20.1 Å². The van der Waals surface area contributed by atoms with Crippen LogP contribution >= 0.6 is 0 Å². The molecule has 4 heteroatoms. The van der Waals surface area contributed by atoms with Crippen molar-refractivity contribution in [3.63, 3.8) is 0 Å². The maximum Gasteiger partial charge on any atom is 0.163 e. The highest BCUT2D eigenvalue weighted by Crippen LogP contribution is 2.36. The predicted molar refractivity (Wildman–Crippen MR) is 71.5 cm³/mol. The van der Waals surface area contributed by atoms with Crippen molar-refractivity contribution in [2.45, 2.75) is 24.8 Å². The maximum atomic E-state index is 6.15. The first kappa shape index (κ1) is 11.7. The Balaban J connectivity index is 1.78. The number of benzene rings is 1. The van der Waals surface area contributed by atoms with E-state index in [1.165, 1.54) is 0 Å². The lowest BCUT2D eigenvalue weighted by atomic mass is 10.2. The first-order chi connectivity index (χ1) is 8.66. The second-order valence-corrected chi connectivity index (χ2v) is 5.40. The van der Waals surface area contributed by atoms with Crippen molar-refractivity contribution < 1.29 is 9.47 Å². The van der Waals surface area contributed by atoms with Gasteiger partial charge in [0.2, 0.25) is 0 Å². The van der Waals surface area contributed by atoms with Crippen LogP contribution in [0.4, 0.5) is 5.69 Å². The maximum absolute atomic E-state index is 6.15. The van der Waals surface area contributed by atoms with Gasteiger partial charge in [-0.05, 0) is 25.0 Å². The highest BCUT2D eigenvalue weighted by Gasteiger charge is 2.39. The van der Waals surface area contributed by atoms with E-state index in [0.717, 1.165) is 56.2 Å². The Hall–Kier alpha value is -1.42. The van der Waals surface area contributed by atoms with Crippen molar-refractivity contribution in [2.75, 3.05) is 31.7 Å². The van der Waals surface area contributed by atoms with Gasteiger partial charge in [-0.3, -0.25) is 0 Å². The van der Waals surface area contributed by atoms with Crippen LogP contribution in [0.5, 0.6) is 11.5 Å². The third-order valence-corrected chi connectivity index (χ3v) is 3.62. The van der Waals surface area contributed by atoms with E-state index >= 15 is 0 Å². The van der Waals surface area contributed by atoms with E-state index in [9.17, 15) is 0 Å². The normalized spacial score (nSPS) is 20.1. The lowest BCUT2D eigenvalue weighted by Gasteiger charge is -2.23. The Kier molecular flexibility index (Phi) is 2.82. The molecule has 0 amide bonds. The van der Waals surface area contributed by atoms with Crippen LogP contribution in [0.2, 0.25) is 0 Å². The predicted octanol–water partition coefficient (Wildman–Crippen LogP) is 1.78. The van der Waals surface area contributed by atoms with Gasteiger partial charge in [-0.1, -0.05) is 0 Å². The minimum Gasteiger partial charge on any atom is -0.490 e. The molecule has 1 aromatic rings. The number of anilines is 1. The van der Waals surface area contributed by atoms with Crippen LogP contribution < -0.4 is 20.1 Å². The van der Waals surface area contributed by atoms with Gasteiger partial charge in [0.05, 0.1) is 13.2 Å². The molecule has 1 heterocycles. The van der Waals surface area contributed by atoms with Gasteiger partial charge in [-0.25, -0.2) is 0 Å². The molecule has 0 unspecified atom stereocenters. The van der Waals surface area contributed by atoms with E-state index in [2.05, 4.69) is 18.0 Å². The van der Waals surface area contributed by atoms with E-state index in [4.69, 9.17) is 15.2 Å². The highest BCUT2D eigenvalue weighted by atomic mass is 16.5. The zero-order valence-corrected chi connectivity index (χ0v) is 10.8. The number of nitrogens with two attached hydrogens (primary N) is 1. The zero-order chi connectivity index (χ0) is 12.6. The third kappa shape index (κ3) is 2.38. The summed E-state index contributed by atoms with van der Waals surface area (Å²) >= 11 is 0. The molecule has 1 aromatic carbocycles. The number of ether oxygens (including phenoxy) is 2. The van der Waals surface area contributed by atoms with Gasteiger partial charge >= 0.3 is 0 Å².